The maximum Gasteiger partial charge on any atom is 0.268 e. The summed E-state index contributed by atoms with van der Waals surface area (Å²) in [6.07, 6.45) is 0. The summed E-state index contributed by atoms with van der Waals surface area (Å²) in [6.45, 7) is 4.59. The van der Waals surface area contributed by atoms with Crippen LogP contribution in [0.25, 0.3) is 0 Å². The van der Waals surface area contributed by atoms with Crippen LogP contribution in [0.2, 0.25) is 0 Å². The lowest BCUT2D eigenvalue weighted by atomic mass is 10.1. The molecule has 0 aliphatic carbocycles. The van der Waals surface area contributed by atoms with Gasteiger partial charge in [-0.05, 0) is 37.0 Å². The van der Waals surface area contributed by atoms with Gasteiger partial charge in [0.15, 0.2) is 0 Å². The molecule has 1 aromatic carbocycles. The highest BCUT2D eigenvalue weighted by Crippen LogP contribution is 2.31. The second kappa shape index (κ2) is 5.54. The summed E-state index contributed by atoms with van der Waals surface area (Å²) in [6, 6.07) is 8.49. The molecule has 4 nitrogen and oxygen atoms in total. The maximum atomic E-state index is 12.7. The summed E-state index contributed by atoms with van der Waals surface area (Å²) in [7, 11) is 0. The maximum absolute atomic E-state index is 12.7. The van der Waals surface area contributed by atoms with Gasteiger partial charge in [0, 0.05) is 23.2 Å². The van der Waals surface area contributed by atoms with Gasteiger partial charge in [-0.3, -0.25) is 4.79 Å². The molecule has 20 heavy (non-hydrogen) atoms. The number of hydrogen-bond donors (Lipinski definition) is 0. The Labute approximate surface area is 126 Å². The number of aromatic nitrogens is 2. The third kappa shape index (κ3) is 2.45. The van der Waals surface area contributed by atoms with Crippen LogP contribution < -0.4 is 0 Å². The van der Waals surface area contributed by atoms with E-state index in [1.807, 2.05) is 35.7 Å². The quantitative estimate of drug-likeness (QED) is 0.812. The van der Waals surface area contributed by atoms with E-state index in [0.717, 1.165) is 11.4 Å². The van der Waals surface area contributed by atoms with Crippen LogP contribution in [0.3, 0.4) is 0 Å². The molecule has 2 aromatic rings. The monoisotopic (exact) mass is 305 g/mol. The molecule has 1 aromatic heterocycles. The van der Waals surface area contributed by atoms with Gasteiger partial charge in [0.2, 0.25) is 0 Å². The van der Waals surface area contributed by atoms with E-state index in [0.29, 0.717) is 11.4 Å². The Hall–Kier alpha value is -1.40. The Kier molecular flexibility index (Phi) is 3.76. The fourth-order valence-electron chi connectivity index (χ4n) is 2.25. The van der Waals surface area contributed by atoms with E-state index >= 15 is 0 Å². The molecule has 0 radical (unpaired) electrons. The fourth-order valence-corrected chi connectivity index (χ4v) is 3.95. The molecule has 0 bridgehead atoms. The lowest BCUT2D eigenvalue weighted by molar-refractivity contribution is 0.0698. The normalized spacial score (nSPS) is 18.5. The molecular weight excluding hydrogens is 290 g/mol. The molecule has 0 N–H and O–H groups in total. The molecule has 0 unspecified atom stereocenters. The van der Waals surface area contributed by atoms with E-state index < -0.39 is 0 Å². The van der Waals surface area contributed by atoms with Gasteiger partial charge in [0.25, 0.3) is 5.91 Å². The van der Waals surface area contributed by atoms with E-state index in [-0.39, 0.29) is 11.9 Å². The number of thioether (sulfide) groups is 1. The van der Waals surface area contributed by atoms with Gasteiger partial charge in [0.05, 0.1) is 5.69 Å². The van der Waals surface area contributed by atoms with Crippen molar-refractivity contribution in [3.8, 4) is 0 Å². The summed E-state index contributed by atoms with van der Waals surface area (Å²) in [5.41, 5.74) is 1.93. The van der Waals surface area contributed by atoms with Crippen molar-refractivity contribution in [3.63, 3.8) is 0 Å². The average molecular weight is 305 g/mol. The second-order valence-electron chi connectivity index (χ2n) is 4.89. The molecule has 1 atom stereocenters. The number of nitrogens with zero attached hydrogens (tertiary/aromatic N) is 3. The van der Waals surface area contributed by atoms with Crippen molar-refractivity contribution in [2.45, 2.75) is 31.3 Å². The molecule has 1 amide bonds. The third-order valence-electron chi connectivity index (χ3n) is 3.43. The Balaban J connectivity index is 1.93. The van der Waals surface area contributed by atoms with Gasteiger partial charge in [-0.2, -0.15) is 0 Å². The van der Waals surface area contributed by atoms with Crippen molar-refractivity contribution in [3.05, 3.63) is 40.4 Å². The summed E-state index contributed by atoms with van der Waals surface area (Å²) in [4.78, 5) is 16.6. The van der Waals surface area contributed by atoms with E-state index in [4.69, 9.17) is 0 Å². The second-order valence-corrected chi connectivity index (χ2v) is 6.70. The number of aryl methyl sites for hydroxylation is 1. The molecule has 1 aliphatic heterocycles. The van der Waals surface area contributed by atoms with Crippen LogP contribution in [0, 0.1) is 6.92 Å². The lowest BCUT2D eigenvalue weighted by Gasteiger charge is -2.26. The standard InChI is InChI=1S/C14H15N3OS2/c1-9-8-19-12-6-4-3-5-11(12)7-17(9)14(18)13-10(2)15-16-20-13/h3-6,9H,7-8H2,1-2H3/t9-/m1/s1. The highest BCUT2D eigenvalue weighted by atomic mass is 32.2. The van der Waals surface area contributed by atoms with Gasteiger partial charge in [-0.1, -0.05) is 22.7 Å². The smallest absolute Gasteiger partial charge is 0.268 e. The van der Waals surface area contributed by atoms with Crippen LogP contribution in [0.1, 0.15) is 27.9 Å². The van der Waals surface area contributed by atoms with Crippen LogP contribution in [0.15, 0.2) is 29.2 Å². The minimum absolute atomic E-state index is 0.0438. The van der Waals surface area contributed by atoms with Gasteiger partial charge >= 0.3 is 0 Å². The third-order valence-corrected chi connectivity index (χ3v) is 5.61. The van der Waals surface area contributed by atoms with E-state index in [2.05, 4.69) is 28.6 Å². The van der Waals surface area contributed by atoms with Crippen molar-refractivity contribution in [2.75, 3.05) is 5.75 Å². The molecule has 2 heterocycles. The first kappa shape index (κ1) is 13.6. The van der Waals surface area contributed by atoms with Crippen molar-refractivity contribution in [1.29, 1.82) is 0 Å². The van der Waals surface area contributed by atoms with Crippen LogP contribution in [-0.2, 0) is 6.54 Å². The van der Waals surface area contributed by atoms with Crippen LogP contribution in [0.4, 0.5) is 0 Å². The Morgan fingerprint density at radius 1 is 1.40 bits per heavy atom. The summed E-state index contributed by atoms with van der Waals surface area (Å²) >= 11 is 3.00. The minimum atomic E-state index is 0.0438. The highest BCUT2D eigenvalue weighted by molar-refractivity contribution is 7.99. The van der Waals surface area contributed by atoms with Crippen LogP contribution in [0.5, 0.6) is 0 Å². The molecule has 0 saturated heterocycles. The zero-order valence-corrected chi connectivity index (χ0v) is 13.0. The summed E-state index contributed by atoms with van der Waals surface area (Å²) in [5, 5.41) is 3.94. The molecular formula is C14H15N3OS2. The van der Waals surface area contributed by atoms with E-state index in [9.17, 15) is 4.79 Å². The number of carbonyl (C=O) groups is 1. The van der Waals surface area contributed by atoms with Crippen LogP contribution >= 0.6 is 23.3 Å². The number of amides is 1. The molecule has 3 rings (SSSR count). The Bertz CT molecular complexity index is 641. The average Bonchev–Trinajstić information content (AvgIpc) is 2.80. The molecule has 0 spiro atoms. The first-order chi connectivity index (χ1) is 9.66. The zero-order valence-electron chi connectivity index (χ0n) is 11.4. The minimum Gasteiger partial charge on any atom is -0.330 e. The SMILES string of the molecule is Cc1nnsc1C(=O)N1Cc2ccccc2SC[C@H]1C. The van der Waals surface area contributed by atoms with Gasteiger partial charge in [-0.15, -0.1) is 16.9 Å². The topological polar surface area (TPSA) is 46.1 Å². The molecule has 0 fully saturated rings. The molecule has 104 valence electrons. The van der Waals surface area contributed by atoms with E-state index in [1.54, 1.807) is 0 Å². The largest absolute Gasteiger partial charge is 0.330 e. The number of benzene rings is 1. The lowest BCUT2D eigenvalue weighted by Crippen LogP contribution is -2.38. The highest BCUT2D eigenvalue weighted by Gasteiger charge is 2.28. The number of rotatable bonds is 1. The Morgan fingerprint density at radius 3 is 2.95 bits per heavy atom. The van der Waals surface area contributed by atoms with E-state index in [1.165, 1.54) is 22.0 Å². The predicted molar refractivity (Wildman–Crippen MR) is 81.1 cm³/mol. The van der Waals surface area contributed by atoms with Gasteiger partial charge in [-0.25, -0.2) is 0 Å². The van der Waals surface area contributed by atoms with Crippen molar-refractivity contribution < 1.29 is 4.79 Å². The van der Waals surface area contributed by atoms with Gasteiger partial charge in [0.1, 0.15) is 4.88 Å². The molecule has 0 saturated carbocycles. The number of hydrogen-bond acceptors (Lipinski definition) is 5. The number of carbonyl (C=O) groups excluding carboxylic acids is 1. The summed E-state index contributed by atoms with van der Waals surface area (Å²) < 4.78 is 3.87. The van der Waals surface area contributed by atoms with Gasteiger partial charge < -0.3 is 4.90 Å². The van der Waals surface area contributed by atoms with Crippen molar-refractivity contribution >= 4 is 29.2 Å². The zero-order chi connectivity index (χ0) is 14.1. The molecule has 6 heteroatoms. The first-order valence-electron chi connectivity index (χ1n) is 6.47. The van der Waals surface area contributed by atoms with Crippen LogP contribution in [-0.4, -0.2) is 32.2 Å². The first-order valence-corrected chi connectivity index (χ1v) is 8.23. The van der Waals surface area contributed by atoms with Crippen molar-refractivity contribution in [2.24, 2.45) is 0 Å². The predicted octanol–water partition coefficient (Wildman–Crippen LogP) is 2.98. The Morgan fingerprint density at radius 2 is 2.20 bits per heavy atom. The molecule has 1 aliphatic rings. The number of fused-ring (bicyclic) bond motifs is 1. The fraction of sp³-hybridized carbons (Fsp3) is 0.357. The summed E-state index contributed by atoms with van der Waals surface area (Å²) in [5.74, 6) is 0.955. The van der Waals surface area contributed by atoms with Crippen molar-refractivity contribution in [1.82, 2.24) is 14.5 Å².